The van der Waals surface area contributed by atoms with E-state index in [9.17, 15) is 14.0 Å². The molecule has 1 aliphatic carbocycles. The van der Waals surface area contributed by atoms with Crippen LogP contribution in [-0.4, -0.2) is 29.8 Å². The SMILES string of the molecule is CN1C(=O)CC[C@]2(C(=O)NCc3ccc(F)cc3)CCCC[C@@H]12. The minimum Gasteiger partial charge on any atom is -0.351 e. The summed E-state index contributed by atoms with van der Waals surface area (Å²) in [7, 11) is 1.82. The van der Waals surface area contributed by atoms with Gasteiger partial charge in [0, 0.05) is 26.1 Å². The standard InChI is InChI=1S/C18H23FN2O2/c1-21-15-4-2-3-10-18(15,11-9-16(21)22)17(23)20-12-13-5-7-14(19)8-6-13/h5-8,15H,2-4,9-12H2,1H3,(H,20,23)/t15-,18-/m1/s1. The first kappa shape index (κ1) is 16.0. The highest BCUT2D eigenvalue weighted by atomic mass is 19.1. The summed E-state index contributed by atoms with van der Waals surface area (Å²) in [5.41, 5.74) is 0.421. The van der Waals surface area contributed by atoms with Crippen molar-refractivity contribution in [3.05, 3.63) is 35.6 Å². The lowest BCUT2D eigenvalue weighted by atomic mass is 9.64. The zero-order valence-corrected chi connectivity index (χ0v) is 13.5. The maximum Gasteiger partial charge on any atom is 0.228 e. The second kappa shape index (κ2) is 6.30. The number of hydrogen-bond donors (Lipinski definition) is 1. The zero-order chi connectivity index (χ0) is 16.4. The highest BCUT2D eigenvalue weighted by Crippen LogP contribution is 2.46. The van der Waals surface area contributed by atoms with Crippen molar-refractivity contribution in [2.45, 2.75) is 51.1 Å². The molecule has 0 radical (unpaired) electrons. The average molecular weight is 318 g/mol. The van der Waals surface area contributed by atoms with Crippen LogP contribution in [0.15, 0.2) is 24.3 Å². The summed E-state index contributed by atoms with van der Waals surface area (Å²) in [6, 6.07) is 6.17. The molecule has 0 bridgehead atoms. The van der Waals surface area contributed by atoms with Crippen LogP contribution in [0.4, 0.5) is 4.39 Å². The number of benzene rings is 1. The lowest BCUT2D eigenvalue weighted by Gasteiger charge is -2.50. The van der Waals surface area contributed by atoms with Crippen LogP contribution in [-0.2, 0) is 16.1 Å². The first-order valence-corrected chi connectivity index (χ1v) is 8.31. The quantitative estimate of drug-likeness (QED) is 0.931. The lowest BCUT2D eigenvalue weighted by molar-refractivity contribution is -0.153. The van der Waals surface area contributed by atoms with Crippen molar-refractivity contribution in [3.63, 3.8) is 0 Å². The molecule has 0 spiro atoms. The third kappa shape index (κ3) is 2.96. The predicted molar refractivity (Wildman–Crippen MR) is 84.9 cm³/mol. The number of nitrogens with one attached hydrogen (secondary N) is 1. The molecule has 5 heteroatoms. The first-order chi connectivity index (χ1) is 11.0. The van der Waals surface area contributed by atoms with Gasteiger partial charge in [-0.05, 0) is 37.0 Å². The van der Waals surface area contributed by atoms with Crippen LogP contribution >= 0.6 is 0 Å². The van der Waals surface area contributed by atoms with Gasteiger partial charge < -0.3 is 10.2 Å². The van der Waals surface area contributed by atoms with Gasteiger partial charge in [-0.15, -0.1) is 0 Å². The van der Waals surface area contributed by atoms with E-state index in [1.54, 1.807) is 17.0 Å². The van der Waals surface area contributed by atoms with Gasteiger partial charge in [-0.2, -0.15) is 0 Å². The Bertz CT molecular complexity index is 602. The van der Waals surface area contributed by atoms with E-state index in [4.69, 9.17) is 0 Å². The summed E-state index contributed by atoms with van der Waals surface area (Å²) in [5, 5.41) is 3.01. The van der Waals surface area contributed by atoms with E-state index in [0.717, 1.165) is 31.2 Å². The molecule has 0 unspecified atom stereocenters. The Morgan fingerprint density at radius 3 is 2.78 bits per heavy atom. The summed E-state index contributed by atoms with van der Waals surface area (Å²) >= 11 is 0. The van der Waals surface area contributed by atoms with E-state index in [2.05, 4.69) is 5.32 Å². The molecule has 2 amide bonds. The van der Waals surface area contributed by atoms with Crippen LogP contribution in [0.1, 0.15) is 44.1 Å². The third-order valence-corrected chi connectivity index (χ3v) is 5.45. The predicted octanol–water partition coefficient (Wildman–Crippen LogP) is 2.62. The van der Waals surface area contributed by atoms with E-state index < -0.39 is 5.41 Å². The lowest BCUT2D eigenvalue weighted by Crippen LogP contribution is -2.60. The van der Waals surface area contributed by atoms with Crippen LogP contribution in [0, 0.1) is 11.2 Å². The van der Waals surface area contributed by atoms with Crippen molar-refractivity contribution in [2.75, 3.05) is 7.05 Å². The third-order valence-electron chi connectivity index (χ3n) is 5.45. The molecule has 1 aromatic carbocycles. The molecule has 0 aromatic heterocycles. The fourth-order valence-electron chi connectivity index (χ4n) is 4.10. The molecule has 1 aromatic rings. The molecule has 23 heavy (non-hydrogen) atoms. The molecule has 1 aliphatic heterocycles. The molecule has 1 N–H and O–H groups in total. The van der Waals surface area contributed by atoms with Crippen molar-refractivity contribution >= 4 is 11.8 Å². The Kier molecular flexibility index (Phi) is 4.37. The maximum atomic E-state index is 13.0. The summed E-state index contributed by atoms with van der Waals surface area (Å²) in [6.45, 7) is 0.394. The summed E-state index contributed by atoms with van der Waals surface area (Å²) in [4.78, 5) is 26.7. The van der Waals surface area contributed by atoms with Crippen LogP contribution in [0.5, 0.6) is 0 Å². The summed E-state index contributed by atoms with van der Waals surface area (Å²) in [5.74, 6) is -0.108. The molecule has 1 saturated heterocycles. The molecule has 1 heterocycles. The number of halogens is 1. The van der Waals surface area contributed by atoms with E-state index in [-0.39, 0.29) is 23.7 Å². The van der Waals surface area contributed by atoms with Gasteiger partial charge >= 0.3 is 0 Å². The van der Waals surface area contributed by atoms with Crippen molar-refractivity contribution in [3.8, 4) is 0 Å². The number of hydrogen-bond acceptors (Lipinski definition) is 2. The molecule has 2 fully saturated rings. The second-order valence-electron chi connectivity index (χ2n) is 6.73. The number of piperidine rings is 1. The van der Waals surface area contributed by atoms with Gasteiger partial charge in [-0.3, -0.25) is 9.59 Å². The number of likely N-dealkylation sites (tertiary alicyclic amines) is 1. The van der Waals surface area contributed by atoms with Gasteiger partial charge in [0.25, 0.3) is 0 Å². The number of nitrogens with zero attached hydrogens (tertiary/aromatic N) is 1. The Hall–Kier alpha value is -1.91. The molecule has 1 saturated carbocycles. The maximum absolute atomic E-state index is 13.0. The van der Waals surface area contributed by atoms with Crippen molar-refractivity contribution < 1.29 is 14.0 Å². The average Bonchev–Trinajstić information content (AvgIpc) is 2.57. The largest absolute Gasteiger partial charge is 0.351 e. The molecule has 2 atom stereocenters. The second-order valence-corrected chi connectivity index (χ2v) is 6.73. The van der Waals surface area contributed by atoms with E-state index in [1.165, 1.54) is 12.1 Å². The summed E-state index contributed by atoms with van der Waals surface area (Å²) < 4.78 is 13.0. The first-order valence-electron chi connectivity index (χ1n) is 8.31. The highest BCUT2D eigenvalue weighted by Gasteiger charge is 2.52. The summed E-state index contributed by atoms with van der Waals surface area (Å²) in [6.07, 6.45) is 4.90. The van der Waals surface area contributed by atoms with Gasteiger partial charge in [0.1, 0.15) is 5.82 Å². The normalized spacial score (nSPS) is 27.5. The number of carbonyl (C=O) groups excluding carboxylic acids is 2. The monoisotopic (exact) mass is 318 g/mol. The molecule has 124 valence electrons. The van der Waals surface area contributed by atoms with Crippen LogP contribution in [0.3, 0.4) is 0 Å². The Labute approximate surface area is 136 Å². The molecule has 2 aliphatic rings. The fourth-order valence-corrected chi connectivity index (χ4v) is 4.10. The smallest absolute Gasteiger partial charge is 0.228 e. The van der Waals surface area contributed by atoms with Crippen LogP contribution < -0.4 is 5.32 Å². The Balaban J connectivity index is 1.73. The number of rotatable bonds is 3. The number of amides is 2. The highest BCUT2D eigenvalue weighted by molar-refractivity contribution is 5.87. The Morgan fingerprint density at radius 1 is 1.30 bits per heavy atom. The van der Waals surface area contributed by atoms with Crippen molar-refractivity contribution in [1.82, 2.24) is 10.2 Å². The van der Waals surface area contributed by atoms with Gasteiger partial charge in [0.05, 0.1) is 5.41 Å². The number of carbonyl (C=O) groups is 2. The minimum absolute atomic E-state index is 0.00529. The van der Waals surface area contributed by atoms with Gasteiger partial charge in [-0.25, -0.2) is 4.39 Å². The van der Waals surface area contributed by atoms with Gasteiger partial charge in [-0.1, -0.05) is 25.0 Å². The topological polar surface area (TPSA) is 49.4 Å². The fraction of sp³-hybridized carbons (Fsp3) is 0.556. The van der Waals surface area contributed by atoms with E-state index in [0.29, 0.717) is 19.4 Å². The molecular formula is C18H23FN2O2. The van der Waals surface area contributed by atoms with E-state index in [1.807, 2.05) is 7.05 Å². The van der Waals surface area contributed by atoms with Crippen LogP contribution in [0.25, 0.3) is 0 Å². The Morgan fingerprint density at radius 2 is 2.04 bits per heavy atom. The minimum atomic E-state index is -0.457. The van der Waals surface area contributed by atoms with E-state index >= 15 is 0 Å². The number of fused-ring (bicyclic) bond motifs is 1. The molecule has 3 rings (SSSR count). The zero-order valence-electron chi connectivity index (χ0n) is 13.5. The van der Waals surface area contributed by atoms with Crippen molar-refractivity contribution in [2.24, 2.45) is 5.41 Å². The van der Waals surface area contributed by atoms with Gasteiger partial charge in [0.2, 0.25) is 11.8 Å². The van der Waals surface area contributed by atoms with Crippen LogP contribution in [0.2, 0.25) is 0 Å². The van der Waals surface area contributed by atoms with Crippen molar-refractivity contribution in [1.29, 1.82) is 0 Å². The molecular weight excluding hydrogens is 295 g/mol. The van der Waals surface area contributed by atoms with Gasteiger partial charge in [0.15, 0.2) is 0 Å². The molecule has 4 nitrogen and oxygen atoms in total.